The normalized spacial score (nSPS) is 33.4. The van der Waals surface area contributed by atoms with Crippen molar-refractivity contribution in [2.45, 2.75) is 54.9 Å². The maximum absolute atomic E-state index is 12.3. The molecule has 0 amide bonds. The van der Waals surface area contributed by atoms with Gasteiger partial charge in [-0.25, -0.2) is 0 Å². The van der Waals surface area contributed by atoms with Crippen molar-refractivity contribution >= 4 is 0 Å². The lowest BCUT2D eigenvalue weighted by Crippen LogP contribution is -2.77. The van der Waals surface area contributed by atoms with Crippen molar-refractivity contribution in [1.29, 1.82) is 0 Å². The smallest absolute Gasteiger partial charge is 0.165 e. The number of hydrogen-bond acceptors (Lipinski definition) is 8. The van der Waals surface area contributed by atoms with Crippen LogP contribution in [0, 0.1) is 0 Å². The molecular weight excluding hydrogens is 438 g/mol. The summed E-state index contributed by atoms with van der Waals surface area (Å²) in [5, 5.41) is 23.0. The van der Waals surface area contributed by atoms with E-state index in [0.717, 1.165) is 37.1 Å². The van der Waals surface area contributed by atoms with Crippen LogP contribution in [-0.4, -0.2) is 98.8 Å². The number of piperidine rings is 1. The highest BCUT2D eigenvalue weighted by Gasteiger charge is 2.73. The third-order valence-electron chi connectivity index (χ3n) is 8.25. The fraction of sp³-hybridized carbons (Fsp3) is 0.692. The molecule has 2 bridgehead atoms. The van der Waals surface area contributed by atoms with Crippen molar-refractivity contribution in [3.63, 3.8) is 0 Å². The lowest BCUT2D eigenvalue weighted by atomic mass is 9.48. The summed E-state index contributed by atoms with van der Waals surface area (Å²) in [6.07, 6.45) is 4.25. The van der Waals surface area contributed by atoms with Crippen LogP contribution in [0.15, 0.2) is 24.8 Å². The molecule has 1 saturated heterocycles. The molecule has 2 heterocycles. The van der Waals surface area contributed by atoms with Gasteiger partial charge in [0.1, 0.15) is 6.10 Å². The summed E-state index contributed by atoms with van der Waals surface area (Å²) in [6.45, 7) is 8.60. The first-order valence-corrected chi connectivity index (χ1v) is 12.4. The first kappa shape index (κ1) is 24.0. The number of phenolic OH excluding ortho intramolecular Hbond substituents is 1. The third kappa shape index (κ3) is 3.67. The molecule has 2 aliphatic carbocycles. The number of phenols is 1. The Hall–Kier alpha value is -1.68. The van der Waals surface area contributed by atoms with E-state index >= 15 is 0 Å². The Morgan fingerprint density at radius 2 is 1.91 bits per heavy atom. The van der Waals surface area contributed by atoms with Gasteiger partial charge in [0.05, 0.1) is 56.8 Å². The SMILES string of the molecule is C=CCN1CC[C@]23c4c5ccc(O)c4O[C@H]2[C@@H](OCCOCCOCCOC)CC[C@@]3(O)[C@H]1C5. The van der Waals surface area contributed by atoms with Gasteiger partial charge in [0.15, 0.2) is 11.5 Å². The van der Waals surface area contributed by atoms with Crippen LogP contribution in [0.4, 0.5) is 0 Å². The van der Waals surface area contributed by atoms with Crippen molar-refractivity contribution in [2.24, 2.45) is 0 Å². The van der Waals surface area contributed by atoms with E-state index in [1.165, 1.54) is 0 Å². The molecular formula is C26H37NO7. The number of rotatable bonds is 12. The van der Waals surface area contributed by atoms with E-state index in [4.69, 9.17) is 23.7 Å². The predicted octanol–water partition coefficient (Wildman–Crippen LogP) is 1.80. The summed E-state index contributed by atoms with van der Waals surface area (Å²) in [6, 6.07) is 3.72. The van der Waals surface area contributed by atoms with E-state index in [2.05, 4.69) is 11.5 Å². The van der Waals surface area contributed by atoms with Crippen LogP contribution in [0.1, 0.15) is 30.4 Å². The van der Waals surface area contributed by atoms with E-state index in [1.54, 1.807) is 13.2 Å². The van der Waals surface area contributed by atoms with Gasteiger partial charge in [-0.2, -0.15) is 0 Å². The third-order valence-corrected chi connectivity index (χ3v) is 8.25. The first-order valence-electron chi connectivity index (χ1n) is 12.4. The van der Waals surface area contributed by atoms with Gasteiger partial charge in [0, 0.05) is 25.3 Å². The number of ether oxygens (including phenoxy) is 5. The molecule has 8 heteroatoms. The number of methoxy groups -OCH3 is 1. The van der Waals surface area contributed by atoms with E-state index in [0.29, 0.717) is 58.2 Å². The van der Waals surface area contributed by atoms with E-state index in [9.17, 15) is 10.2 Å². The van der Waals surface area contributed by atoms with Gasteiger partial charge in [-0.15, -0.1) is 6.58 Å². The monoisotopic (exact) mass is 475 g/mol. The van der Waals surface area contributed by atoms with Crippen LogP contribution in [0.5, 0.6) is 11.5 Å². The molecule has 5 atom stereocenters. The summed E-state index contributed by atoms with van der Waals surface area (Å²) in [7, 11) is 1.65. The molecule has 4 aliphatic rings. The molecule has 5 rings (SSSR count). The summed E-state index contributed by atoms with van der Waals surface area (Å²) in [5.41, 5.74) is 0.667. The largest absolute Gasteiger partial charge is 0.504 e. The second-order valence-electron chi connectivity index (χ2n) is 9.80. The average molecular weight is 476 g/mol. The number of aromatic hydroxyl groups is 1. The van der Waals surface area contributed by atoms with Crippen molar-refractivity contribution in [3.8, 4) is 11.5 Å². The summed E-state index contributed by atoms with van der Waals surface area (Å²) < 4.78 is 28.8. The molecule has 0 aromatic heterocycles. The fourth-order valence-corrected chi connectivity index (χ4v) is 6.86. The Morgan fingerprint density at radius 1 is 1.15 bits per heavy atom. The van der Waals surface area contributed by atoms with Crippen LogP contribution in [0.25, 0.3) is 0 Å². The molecule has 34 heavy (non-hydrogen) atoms. The van der Waals surface area contributed by atoms with Gasteiger partial charge in [0.25, 0.3) is 0 Å². The van der Waals surface area contributed by atoms with Crippen molar-refractivity contribution in [3.05, 3.63) is 35.9 Å². The van der Waals surface area contributed by atoms with Crippen LogP contribution in [0.3, 0.4) is 0 Å². The molecule has 2 N–H and O–H groups in total. The standard InChI is InChI=1S/C26H37NO7/c1-3-9-27-10-8-25-22-18-4-5-19(28)23(22)34-24(25)20(6-7-26(25,29)21(27)17-18)33-16-15-32-14-13-31-12-11-30-2/h3-5,20-21,24,28-29H,1,6-17H2,2H3/t20-,21+,24-,25-,26+/m0/s1. The number of aliphatic hydroxyl groups is 1. The summed E-state index contributed by atoms with van der Waals surface area (Å²) >= 11 is 0. The summed E-state index contributed by atoms with van der Waals surface area (Å²) in [4.78, 5) is 2.35. The van der Waals surface area contributed by atoms with Crippen LogP contribution in [0.2, 0.25) is 0 Å². The van der Waals surface area contributed by atoms with Gasteiger partial charge in [-0.3, -0.25) is 4.90 Å². The second-order valence-corrected chi connectivity index (χ2v) is 9.80. The van der Waals surface area contributed by atoms with E-state index in [1.807, 2.05) is 12.1 Å². The summed E-state index contributed by atoms with van der Waals surface area (Å²) in [5.74, 6) is 0.684. The maximum Gasteiger partial charge on any atom is 0.165 e. The lowest BCUT2D eigenvalue weighted by molar-refractivity contribution is -0.215. The van der Waals surface area contributed by atoms with Gasteiger partial charge in [-0.1, -0.05) is 12.1 Å². The highest BCUT2D eigenvalue weighted by molar-refractivity contribution is 5.62. The molecule has 1 aromatic rings. The molecule has 2 fully saturated rings. The Bertz CT molecular complexity index is 894. The van der Waals surface area contributed by atoms with Gasteiger partial charge >= 0.3 is 0 Å². The molecule has 2 aliphatic heterocycles. The van der Waals surface area contributed by atoms with Gasteiger partial charge in [-0.05, 0) is 43.9 Å². The maximum atomic E-state index is 12.3. The number of benzene rings is 1. The number of hydrogen-bond donors (Lipinski definition) is 2. The zero-order valence-corrected chi connectivity index (χ0v) is 20.0. The predicted molar refractivity (Wildman–Crippen MR) is 126 cm³/mol. The fourth-order valence-electron chi connectivity index (χ4n) is 6.86. The Balaban J connectivity index is 1.31. The van der Waals surface area contributed by atoms with Gasteiger partial charge < -0.3 is 33.9 Å². The molecule has 8 nitrogen and oxygen atoms in total. The molecule has 1 aromatic carbocycles. The highest BCUT2D eigenvalue weighted by atomic mass is 16.6. The minimum atomic E-state index is -0.930. The molecule has 1 spiro atoms. The van der Waals surface area contributed by atoms with Crippen LogP contribution < -0.4 is 4.74 Å². The topological polar surface area (TPSA) is 89.9 Å². The zero-order valence-electron chi connectivity index (χ0n) is 20.0. The Labute approximate surface area is 201 Å². The average Bonchev–Trinajstić information content (AvgIpc) is 3.18. The minimum absolute atomic E-state index is 0.00395. The highest BCUT2D eigenvalue weighted by Crippen LogP contribution is 2.65. The molecule has 0 unspecified atom stereocenters. The van der Waals surface area contributed by atoms with E-state index < -0.39 is 11.0 Å². The zero-order chi connectivity index (χ0) is 23.8. The molecule has 188 valence electrons. The van der Waals surface area contributed by atoms with Gasteiger partial charge in [0.2, 0.25) is 0 Å². The minimum Gasteiger partial charge on any atom is -0.504 e. The van der Waals surface area contributed by atoms with Crippen molar-refractivity contribution in [2.75, 3.05) is 59.8 Å². The first-order chi connectivity index (χ1) is 16.6. The van der Waals surface area contributed by atoms with Crippen molar-refractivity contribution < 1.29 is 33.9 Å². The molecule has 1 saturated carbocycles. The second kappa shape index (κ2) is 9.76. The molecule has 0 radical (unpaired) electrons. The van der Waals surface area contributed by atoms with Crippen LogP contribution in [-0.2, 0) is 30.8 Å². The van der Waals surface area contributed by atoms with Crippen LogP contribution >= 0.6 is 0 Å². The number of nitrogens with zero attached hydrogens (tertiary/aromatic N) is 1. The lowest BCUT2D eigenvalue weighted by Gasteiger charge is -2.64. The number of likely N-dealkylation sites (tertiary alicyclic amines) is 1. The van der Waals surface area contributed by atoms with Crippen molar-refractivity contribution in [1.82, 2.24) is 4.90 Å². The van der Waals surface area contributed by atoms with E-state index in [-0.39, 0.29) is 24.0 Å². The Morgan fingerprint density at radius 3 is 2.68 bits per heavy atom. The quantitative estimate of drug-likeness (QED) is 0.350. The Kier molecular flexibility index (Phi) is 6.90.